The molecule has 1 aromatic carbocycles. The lowest BCUT2D eigenvalue weighted by atomic mass is 10.0. The standard InChI is InChI=1S/C17H23NO3/c1-12(2)13(3)18-17(20)15-8-9-16(21-4)14(11-15)7-5-6-10-19/h8-9,11-13,19H,6,10H2,1-4H3,(H,18,20). The van der Waals surface area contributed by atoms with E-state index in [0.717, 1.165) is 0 Å². The molecule has 4 nitrogen and oxygen atoms in total. The number of ether oxygens (including phenoxy) is 1. The van der Waals surface area contributed by atoms with Crippen LogP contribution in [0.3, 0.4) is 0 Å². The zero-order valence-electron chi connectivity index (χ0n) is 13.1. The zero-order valence-corrected chi connectivity index (χ0v) is 13.1. The number of amides is 1. The van der Waals surface area contributed by atoms with Crippen molar-refractivity contribution in [3.8, 4) is 17.6 Å². The second-order valence-electron chi connectivity index (χ2n) is 5.20. The van der Waals surface area contributed by atoms with Gasteiger partial charge in [0.1, 0.15) is 5.75 Å². The zero-order chi connectivity index (χ0) is 15.8. The molecule has 0 aromatic heterocycles. The van der Waals surface area contributed by atoms with Gasteiger partial charge in [-0.2, -0.15) is 0 Å². The van der Waals surface area contributed by atoms with E-state index in [2.05, 4.69) is 31.0 Å². The van der Waals surface area contributed by atoms with Crippen molar-refractivity contribution in [1.82, 2.24) is 5.32 Å². The summed E-state index contributed by atoms with van der Waals surface area (Å²) in [5.74, 6) is 6.63. The van der Waals surface area contributed by atoms with E-state index in [1.165, 1.54) is 0 Å². The minimum absolute atomic E-state index is 0.0153. The summed E-state index contributed by atoms with van der Waals surface area (Å²) in [7, 11) is 1.56. The first kappa shape index (κ1) is 17.1. The van der Waals surface area contributed by atoms with Crippen LogP contribution in [0.5, 0.6) is 5.75 Å². The number of carbonyl (C=O) groups is 1. The van der Waals surface area contributed by atoms with Gasteiger partial charge in [0.25, 0.3) is 5.91 Å². The van der Waals surface area contributed by atoms with Crippen molar-refractivity contribution < 1.29 is 14.6 Å². The summed E-state index contributed by atoms with van der Waals surface area (Å²) in [6.07, 6.45) is 0.393. The van der Waals surface area contributed by atoms with E-state index in [0.29, 0.717) is 29.2 Å². The van der Waals surface area contributed by atoms with Crippen LogP contribution in [0.1, 0.15) is 43.1 Å². The molecular formula is C17H23NO3. The summed E-state index contributed by atoms with van der Waals surface area (Å²) in [6.45, 7) is 6.12. The fourth-order valence-corrected chi connectivity index (χ4v) is 1.62. The lowest BCUT2D eigenvalue weighted by Gasteiger charge is -2.17. The van der Waals surface area contributed by atoms with Crippen LogP contribution in [0, 0.1) is 17.8 Å². The second-order valence-corrected chi connectivity index (χ2v) is 5.20. The Morgan fingerprint density at radius 2 is 2.10 bits per heavy atom. The largest absolute Gasteiger partial charge is 0.495 e. The molecule has 114 valence electrons. The van der Waals surface area contributed by atoms with E-state index < -0.39 is 0 Å². The Morgan fingerprint density at radius 3 is 2.67 bits per heavy atom. The van der Waals surface area contributed by atoms with Crippen LogP contribution in [0.2, 0.25) is 0 Å². The highest BCUT2D eigenvalue weighted by atomic mass is 16.5. The van der Waals surface area contributed by atoms with Gasteiger partial charge in [-0.1, -0.05) is 25.7 Å². The van der Waals surface area contributed by atoms with Gasteiger partial charge >= 0.3 is 0 Å². The molecule has 2 N–H and O–H groups in total. The summed E-state index contributed by atoms with van der Waals surface area (Å²) >= 11 is 0. The summed E-state index contributed by atoms with van der Waals surface area (Å²) in [5.41, 5.74) is 1.20. The fourth-order valence-electron chi connectivity index (χ4n) is 1.62. The van der Waals surface area contributed by atoms with Crippen LogP contribution in [0.15, 0.2) is 18.2 Å². The maximum atomic E-state index is 12.2. The van der Waals surface area contributed by atoms with Crippen molar-refractivity contribution in [2.24, 2.45) is 5.92 Å². The molecule has 0 radical (unpaired) electrons. The molecule has 0 fully saturated rings. The van der Waals surface area contributed by atoms with Crippen LogP contribution in [0.4, 0.5) is 0 Å². The highest BCUT2D eigenvalue weighted by molar-refractivity contribution is 5.95. The molecule has 0 heterocycles. The number of methoxy groups -OCH3 is 1. The minimum Gasteiger partial charge on any atom is -0.495 e. The summed E-state index contributed by atoms with van der Waals surface area (Å²) < 4.78 is 5.23. The Kier molecular flexibility index (Phi) is 6.77. The highest BCUT2D eigenvalue weighted by Gasteiger charge is 2.13. The first-order valence-corrected chi connectivity index (χ1v) is 7.08. The Bertz CT molecular complexity index is 541. The van der Waals surface area contributed by atoms with Crippen LogP contribution in [-0.2, 0) is 0 Å². The monoisotopic (exact) mass is 289 g/mol. The number of aliphatic hydroxyl groups excluding tert-OH is 1. The lowest BCUT2D eigenvalue weighted by Crippen LogP contribution is -2.36. The van der Waals surface area contributed by atoms with Gasteiger partial charge in [-0.05, 0) is 31.0 Å². The number of aliphatic hydroxyl groups is 1. The van der Waals surface area contributed by atoms with E-state index in [-0.39, 0.29) is 18.6 Å². The molecule has 0 bridgehead atoms. The van der Waals surface area contributed by atoms with Crippen molar-refractivity contribution in [1.29, 1.82) is 0 Å². The molecule has 4 heteroatoms. The van der Waals surface area contributed by atoms with Gasteiger partial charge in [0.05, 0.1) is 19.3 Å². The van der Waals surface area contributed by atoms with E-state index >= 15 is 0 Å². The molecule has 1 unspecified atom stereocenters. The van der Waals surface area contributed by atoms with Crippen molar-refractivity contribution in [2.45, 2.75) is 33.2 Å². The van der Waals surface area contributed by atoms with E-state index in [4.69, 9.17) is 9.84 Å². The summed E-state index contributed by atoms with van der Waals surface area (Å²) in [6, 6.07) is 5.27. The molecular weight excluding hydrogens is 266 g/mol. The van der Waals surface area contributed by atoms with Gasteiger partial charge in [-0.15, -0.1) is 0 Å². The molecule has 0 aliphatic rings. The van der Waals surface area contributed by atoms with Crippen molar-refractivity contribution in [3.05, 3.63) is 29.3 Å². The molecule has 0 aliphatic carbocycles. The molecule has 0 aliphatic heterocycles. The number of nitrogens with one attached hydrogen (secondary N) is 1. The third kappa shape index (κ3) is 5.13. The number of hydrogen-bond acceptors (Lipinski definition) is 3. The van der Waals surface area contributed by atoms with Crippen LogP contribution >= 0.6 is 0 Å². The predicted octanol–water partition coefficient (Wildman–Crippen LogP) is 2.20. The molecule has 0 saturated carbocycles. The van der Waals surface area contributed by atoms with Crippen molar-refractivity contribution in [2.75, 3.05) is 13.7 Å². The van der Waals surface area contributed by atoms with Gasteiger partial charge in [0.2, 0.25) is 0 Å². The highest BCUT2D eigenvalue weighted by Crippen LogP contribution is 2.19. The molecule has 0 saturated heterocycles. The molecule has 1 aromatic rings. The third-order valence-electron chi connectivity index (χ3n) is 3.28. The van der Waals surface area contributed by atoms with Crippen molar-refractivity contribution in [3.63, 3.8) is 0 Å². The van der Waals surface area contributed by atoms with Gasteiger partial charge in [0.15, 0.2) is 0 Å². The van der Waals surface area contributed by atoms with Gasteiger partial charge in [-0.25, -0.2) is 0 Å². The number of hydrogen-bond donors (Lipinski definition) is 2. The van der Waals surface area contributed by atoms with Gasteiger partial charge in [0, 0.05) is 18.0 Å². The quantitative estimate of drug-likeness (QED) is 0.817. The molecule has 1 amide bonds. The lowest BCUT2D eigenvalue weighted by molar-refractivity contribution is 0.0930. The predicted molar refractivity (Wildman–Crippen MR) is 83.3 cm³/mol. The molecule has 21 heavy (non-hydrogen) atoms. The fraction of sp³-hybridized carbons (Fsp3) is 0.471. The normalized spacial score (nSPS) is 11.5. The number of rotatable bonds is 5. The van der Waals surface area contributed by atoms with Crippen LogP contribution < -0.4 is 10.1 Å². The maximum absolute atomic E-state index is 12.2. The molecule has 1 atom stereocenters. The topological polar surface area (TPSA) is 58.6 Å². The summed E-state index contributed by atoms with van der Waals surface area (Å²) in [4.78, 5) is 12.2. The first-order valence-electron chi connectivity index (χ1n) is 7.08. The maximum Gasteiger partial charge on any atom is 0.251 e. The van der Waals surface area contributed by atoms with E-state index in [1.54, 1.807) is 25.3 Å². The van der Waals surface area contributed by atoms with E-state index in [9.17, 15) is 4.79 Å². The second kappa shape index (κ2) is 8.33. The minimum atomic E-state index is -0.121. The molecule has 0 spiro atoms. The number of carbonyl (C=O) groups excluding carboxylic acids is 1. The van der Waals surface area contributed by atoms with Gasteiger partial charge in [-0.3, -0.25) is 4.79 Å². The first-order chi connectivity index (χ1) is 9.99. The Morgan fingerprint density at radius 1 is 1.38 bits per heavy atom. The van der Waals surface area contributed by atoms with Gasteiger partial charge < -0.3 is 15.2 Å². The van der Waals surface area contributed by atoms with Crippen LogP contribution in [-0.4, -0.2) is 30.8 Å². The Hall–Kier alpha value is -1.99. The SMILES string of the molecule is COc1ccc(C(=O)NC(C)C(C)C)cc1C#CCCO. The summed E-state index contributed by atoms with van der Waals surface area (Å²) in [5, 5.41) is 11.7. The number of benzene rings is 1. The molecule has 1 rings (SSSR count). The van der Waals surface area contributed by atoms with E-state index in [1.807, 2.05) is 6.92 Å². The Balaban J connectivity index is 2.97. The smallest absolute Gasteiger partial charge is 0.251 e. The average Bonchev–Trinajstić information content (AvgIpc) is 2.47. The third-order valence-corrected chi connectivity index (χ3v) is 3.28. The van der Waals surface area contributed by atoms with Crippen molar-refractivity contribution >= 4 is 5.91 Å². The average molecular weight is 289 g/mol. The Labute approximate surface area is 126 Å². The van der Waals surface area contributed by atoms with Crippen LogP contribution in [0.25, 0.3) is 0 Å².